The molecular formula is C11H9N3O4S. The number of nitrogens with zero attached hydrogens (tertiary/aromatic N) is 2. The molecule has 2 rings (SSSR count). The Kier molecular flexibility index (Phi) is 3.71. The summed E-state index contributed by atoms with van der Waals surface area (Å²) in [5, 5.41) is 22.9. The molecule has 98 valence electrons. The fraction of sp³-hybridized carbons (Fsp3) is 0.0909. The van der Waals surface area contributed by atoms with E-state index in [1.807, 2.05) is 0 Å². The van der Waals surface area contributed by atoms with Gasteiger partial charge in [-0.1, -0.05) is 6.07 Å². The zero-order valence-electron chi connectivity index (χ0n) is 9.57. The molecular weight excluding hydrogens is 270 g/mol. The fourth-order valence-electron chi connectivity index (χ4n) is 1.45. The van der Waals surface area contributed by atoms with Crippen molar-refractivity contribution in [1.29, 1.82) is 0 Å². The molecule has 0 aliphatic heterocycles. The number of phenols is 1. The van der Waals surface area contributed by atoms with Crippen LogP contribution in [0.15, 0.2) is 29.9 Å². The smallest absolute Gasteiger partial charge is 0.311 e. The normalized spacial score (nSPS) is 10.1. The van der Waals surface area contributed by atoms with Gasteiger partial charge in [-0.15, -0.1) is 11.3 Å². The molecule has 19 heavy (non-hydrogen) atoms. The number of hydrogen-bond acceptors (Lipinski definition) is 6. The summed E-state index contributed by atoms with van der Waals surface area (Å²) in [6, 6.07) is 3.80. The molecule has 0 unspecified atom stereocenters. The Morgan fingerprint density at radius 2 is 2.32 bits per heavy atom. The molecule has 7 nitrogen and oxygen atoms in total. The highest BCUT2D eigenvalue weighted by atomic mass is 32.1. The molecule has 0 fully saturated rings. The number of aromatic nitrogens is 1. The zero-order chi connectivity index (χ0) is 13.8. The molecule has 0 atom stereocenters. The third-order valence-corrected chi connectivity index (χ3v) is 3.14. The van der Waals surface area contributed by atoms with Gasteiger partial charge in [0.05, 0.1) is 22.5 Å². The van der Waals surface area contributed by atoms with Crippen LogP contribution in [0.5, 0.6) is 5.75 Å². The fourth-order valence-corrected chi connectivity index (χ4v) is 1.99. The van der Waals surface area contributed by atoms with Crippen molar-refractivity contribution in [1.82, 2.24) is 10.3 Å². The highest BCUT2D eigenvalue weighted by Gasteiger charge is 2.20. The van der Waals surface area contributed by atoms with Crippen LogP contribution >= 0.6 is 11.3 Å². The first kappa shape index (κ1) is 13.0. The maximum absolute atomic E-state index is 11.8. The number of hydrogen-bond donors (Lipinski definition) is 2. The number of nitrogens with one attached hydrogen (secondary N) is 1. The van der Waals surface area contributed by atoms with Crippen LogP contribution in [0.25, 0.3) is 0 Å². The average molecular weight is 279 g/mol. The zero-order valence-corrected chi connectivity index (χ0v) is 10.4. The molecule has 1 aromatic carbocycles. The minimum Gasteiger partial charge on any atom is -0.502 e. The van der Waals surface area contributed by atoms with Gasteiger partial charge in [-0.3, -0.25) is 19.9 Å². The van der Waals surface area contributed by atoms with Gasteiger partial charge in [-0.05, 0) is 6.07 Å². The quantitative estimate of drug-likeness (QED) is 0.654. The number of carbonyl (C=O) groups excluding carboxylic acids is 1. The molecule has 8 heteroatoms. The van der Waals surface area contributed by atoms with Crippen molar-refractivity contribution < 1.29 is 14.8 Å². The largest absolute Gasteiger partial charge is 0.502 e. The Bertz CT molecular complexity index is 612. The van der Waals surface area contributed by atoms with Crippen LogP contribution in [0.3, 0.4) is 0 Å². The van der Waals surface area contributed by atoms with Gasteiger partial charge in [0.25, 0.3) is 5.91 Å². The molecule has 0 spiro atoms. The Morgan fingerprint density at radius 1 is 1.53 bits per heavy atom. The summed E-state index contributed by atoms with van der Waals surface area (Å²) >= 11 is 1.38. The molecule has 0 saturated heterocycles. The second kappa shape index (κ2) is 5.44. The van der Waals surface area contributed by atoms with E-state index in [4.69, 9.17) is 0 Å². The molecule has 0 aliphatic rings. The van der Waals surface area contributed by atoms with Crippen LogP contribution < -0.4 is 5.32 Å². The van der Waals surface area contributed by atoms with Crippen molar-refractivity contribution in [3.05, 3.63) is 50.5 Å². The van der Waals surface area contributed by atoms with Gasteiger partial charge in [0.15, 0.2) is 0 Å². The highest BCUT2D eigenvalue weighted by molar-refractivity contribution is 7.09. The van der Waals surface area contributed by atoms with Gasteiger partial charge >= 0.3 is 5.69 Å². The van der Waals surface area contributed by atoms with E-state index in [-0.39, 0.29) is 12.1 Å². The van der Waals surface area contributed by atoms with E-state index in [1.165, 1.54) is 23.5 Å². The number of aromatic hydroxyl groups is 1. The van der Waals surface area contributed by atoms with Crippen molar-refractivity contribution in [3.63, 3.8) is 0 Å². The molecule has 0 bridgehead atoms. The number of amides is 1. The summed E-state index contributed by atoms with van der Waals surface area (Å²) in [6.45, 7) is 0.256. The van der Waals surface area contributed by atoms with Crippen LogP contribution in [-0.4, -0.2) is 20.9 Å². The Hall–Kier alpha value is -2.48. The molecule has 2 aromatic rings. The summed E-state index contributed by atoms with van der Waals surface area (Å²) < 4.78 is 0. The number of benzene rings is 1. The van der Waals surface area contributed by atoms with Crippen molar-refractivity contribution in [2.75, 3.05) is 0 Å². The Labute approximate surface area is 111 Å². The summed E-state index contributed by atoms with van der Waals surface area (Å²) in [4.78, 5) is 26.4. The van der Waals surface area contributed by atoms with Crippen molar-refractivity contribution in [3.8, 4) is 5.75 Å². The SMILES string of the molecule is O=C(NCc1cncs1)c1cccc([N+](=O)[O-])c1O. The number of para-hydroxylation sites is 1. The lowest BCUT2D eigenvalue weighted by atomic mass is 10.1. The van der Waals surface area contributed by atoms with Gasteiger partial charge in [-0.25, -0.2) is 0 Å². The third-order valence-electron chi connectivity index (χ3n) is 2.36. The van der Waals surface area contributed by atoms with Gasteiger partial charge in [0.1, 0.15) is 0 Å². The molecule has 1 heterocycles. The van der Waals surface area contributed by atoms with Gasteiger partial charge in [0.2, 0.25) is 5.75 Å². The van der Waals surface area contributed by atoms with E-state index >= 15 is 0 Å². The number of thiazole rings is 1. The first-order valence-electron chi connectivity index (χ1n) is 5.21. The minimum absolute atomic E-state index is 0.126. The summed E-state index contributed by atoms with van der Waals surface area (Å²) in [5.74, 6) is -1.20. The number of rotatable bonds is 4. The van der Waals surface area contributed by atoms with Crippen molar-refractivity contribution >= 4 is 22.9 Å². The van der Waals surface area contributed by atoms with Crippen LogP contribution in [0.4, 0.5) is 5.69 Å². The van der Waals surface area contributed by atoms with E-state index in [2.05, 4.69) is 10.3 Å². The standard InChI is InChI=1S/C11H9N3O4S/c15-10-8(2-1-3-9(10)14(17)18)11(16)13-5-7-4-12-6-19-7/h1-4,6,15H,5H2,(H,13,16). The maximum atomic E-state index is 11.8. The highest BCUT2D eigenvalue weighted by Crippen LogP contribution is 2.29. The lowest BCUT2D eigenvalue weighted by Crippen LogP contribution is -2.22. The number of carbonyl (C=O) groups is 1. The monoisotopic (exact) mass is 279 g/mol. The van der Waals surface area contributed by atoms with Gasteiger partial charge in [0, 0.05) is 17.1 Å². The summed E-state index contributed by atoms with van der Waals surface area (Å²) in [6.07, 6.45) is 1.61. The van der Waals surface area contributed by atoms with Crippen molar-refractivity contribution in [2.45, 2.75) is 6.54 Å². The molecule has 1 aromatic heterocycles. The maximum Gasteiger partial charge on any atom is 0.311 e. The number of phenolic OH excluding ortho intramolecular Hbond substituents is 1. The number of nitro groups is 1. The second-order valence-corrected chi connectivity index (χ2v) is 4.55. The molecule has 2 N–H and O–H groups in total. The molecule has 0 radical (unpaired) electrons. The second-order valence-electron chi connectivity index (χ2n) is 3.58. The first-order chi connectivity index (χ1) is 9.09. The van der Waals surface area contributed by atoms with Crippen LogP contribution in [0.2, 0.25) is 0 Å². The van der Waals surface area contributed by atoms with Gasteiger partial charge < -0.3 is 10.4 Å². The minimum atomic E-state index is -0.741. The predicted molar refractivity (Wildman–Crippen MR) is 68.0 cm³/mol. The summed E-state index contributed by atoms with van der Waals surface area (Å²) in [7, 11) is 0. The average Bonchev–Trinajstić information content (AvgIpc) is 2.89. The van der Waals surface area contributed by atoms with Crippen molar-refractivity contribution in [2.24, 2.45) is 0 Å². The molecule has 0 aliphatic carbocycles. The van der Waals surface area contributed by atoms with Crippen LogP contribution in [0, 0.1) is 10.1 Å². The third kappa shape index (κ3) is 2.86. The van der Waals surface area contributed by atoms with Crippen LogP contribution in [0.1, 0.15) is 15.2 Å². The lowest BCUT2D eigenvalue weighted by Gasteiger charge is -2.05. The first-order valence-corrected chi connectivity index (χ1v) is 6.09. The Balaban J connectivity index is 2.15. The molecule has 1 amide bonds. The lowest BCUT2D eigenvalue weighted by molar-refractivity contribution is -0.385. The van der Waals surface area contributed by atoms with E-state index in [0.717, 1.165) is 10.9 Å². The van der Waals surface area contributed by atoms with E-state index < -0.39 is 22.3 Å². The van der Waals surface area contributed by atoms with E-state index in [1.54, 1.807) is 11.7 Å². The predicted octanol–water partition coefficient (Wildman–Crippen LogP) is 1.69. The van der Waals surface area contributed by atoms with Crippen LogP contribution in [-0.2, 0) is 6.54 Å². The van der Waals surface area contributed by atoms with Gasteiger partial charge in [-0.2, -0.15) is 0 Å². The molecule has 0 saturated carbocycles. The summed E-state index contributed by atoms with van der Waals surface area (Å²) in [5.41, 5.74) is 1.01. The van der Waals surface area contributed by atoms with E-state index in [9.17, 15) is 20.0 Å². The topological polar surface area (TPSA) is 105 Å². The Morgan fingerprint density at radius 3 is 2.95 bits per heavy atom. The van der Waals surface area contributed by atoms with E-state index in [0.29, 0.717) is 0 Å². The number of nitro benzene ring substituents is 1.